The first-order valence-corrected chi connectivity index (χ1v) is 7.18. The molecule has 0 aliphatic carbocycles. The monoisotopic (exact) mass is 346 g/mol. The molecule has 0 bridgehead atoms. The second-order valence-electron chi connectivity index (χ2n) is 4.81. The zero-order valence-electron chi connectivity index (χ0n) is 11.2. The molecular formula is C16H12BrFN2O. The first-order chi connectivity index (χ1) is 10.0. The van der Waals surface area contributed by atoms with Crippen LogP contribution in [0.25, 0.3) is 10.9 Å². The number of carbonyl (C=O) groups is 1. The molecule has 0 spiro atoms. The van der Waals surface area contributed by atoms with E-state index in [1.54, 1.807) is 12.3 Å². The van der Waals surface area contributed by atoms with Crippen LogP contribution in [0.4, 0.5) is 10.1 Å². The molecule has 1 heterocycles. The number of hydrogen-bond acceptors (Lipinski definition) is 1. The molecule has 0 unspecified atom stereocenters. The Morgan fingerprint density at radius 2 is 2.05 bits per heavy atom. The fraction of sp³-hybridized carbons (Fsp3) is 0.0625. The van der Waals surface area contributed by atoms with Crippen LogP contribution >= 0.6 is 15.9 Å². The molecule has 1 amide bonds. The zero-order chi connectivity index (χ0) is 15.0. The van der Waals surface area contributed by atoms with E-state index in [9.17, 15) is 9.18 Å². The van der Waals surface area contributed by atoms with E-state index in [0.29, 0.717) is 16.6 Å². The van der Waals surface area contributed by atoms with Gasteiger partial charge in [0.05, 0.1) is 5.56 Å². The summed E-state index contributed by atoms with van der Waals surface area (Å²) in [4.78, 5) is 15.3. The molecule has 0 radical (unpaired) electrons. The van der Waals surface area contributed by atoms with Gasteiger partial charge in [0.2, 0.25) is 0 Å². The topological polar surface area (TPSA) is 44.9 Å². The van der Waals surface area contributed by atoms with Crippen LogP contribution in [0.5, 0.6) is 0 Å². The molecule has 21 heavy (non-hydrogen) atoms. The van der Waals surface area contributed by atoms with Crippen LogP contribution in [0.3, 0.4) is 0 Å². The Balaban J connectivity index is 1.93. The molecule has 3 nitrogen and oxygen atoms in total. The van der Waals surface area contributed by atoms with Crippen molar-refractivity contribution >= 4 is 38.4 Å². The fourth-order valence-electron chi connectivity index (χ4n) is 2.15. The van der Waals surface area contributed by atoms with Gasteiger partial charge in [-0.05, 0) is 42.8 Å². The molecule has 3 aromatic rings. The predicted octanol–water partition coefficient (Wildman–Crippen LogP) is 4.63. The van der Waals surface area contributed by atoms with E-state index in [0.717, 1.165) is 15.6 Å². The van der Waals surface area contributed by atoms with Crippen molar-refractivity contribution in [2.45, 2.75) is 6.92 Å². The van der Waals surface area contributed by atoms with Gasteiger partial charge in [0.25, 0.3) is 5.91 Å². The molecule has 2 N–H and O–H groups in total. The number of benzene rings is 2. The van der Waals surface area contributed by atoms with E-state index in [4.69, 9.17) is 0 Å². The van der Waals surface area contributed by atoms with Gasteiger partial charge in [-0.3, -0.25) is 4.79 Å². The number of carbonyl (C=O) groups excluding carboxylic acids is 1. The lowest BCUT2D eigenvalue weighted by atomic mass is 10.1. The molecule has 1 aromatic heterocycles. The van der Waals surface area contributed by atoms with Crippen LogP contribution in [0.1, 0.15) is 15.9 Å². The summed E-state index contributed by atoms with van der Waals surface area (Å²) in [5.41, 5.74) is 2.92. The Kier molecular flexibility index (Phi) is 3.51. The minimum absolute atomic E-state index is 0.275. The number of H-pyrrole nitrogens is 1. The van der Waals surface area contributed by atoms with Crippen molar-refractivity contribution in [2.75, 3.05) is 5.32 Å². The van der Waals surface area contributed by atoms with Gasteiger partial charge in [-0.15, -0.1) is 0 Å². The third-order valence-corrected chi connectivity index (χ3v) is 4.17. The predicted molar refractivity (Wildman–Crippen MR) is 85.1 cm³/mol. The molecule has 2 aromatic carbocycles. The summed E-state index contributed by atoms with van der Waals surface area (Å²) >= 11 is 3.43. The van der Waals surface area contributed by atoms with Gasteiger partial charge >= 0.3 is 0 Å². The van der Waals surface area contributed by atoms with Crippen molar-refractivity contribution in [2.24, 2.45) is 0 Å². The van der Waals surface area contributed by atoms with Gasteiger partial charge in [-0.1, -0.05) is 22.0 Å². The quantitative estimate of drug-likeness (QED) is 0.698. The maximum absolute atomic E-state index is 13.3. The minimum Gasteiger partial charge on any atom is -0.360 e. The molecule has 0 saturated heterocycles. The van der Waals surface area contributed by atoms with Crippen molar-refractivity contribution in [3.05, 3.63) is 64.0 Å². The molecule has 0 fully saturated rings. The Morgan fingerprint density at radius 1 is 1.24 bits per heavy atom. The van der Waals surface area contributed by atoms with Gasteiger partial charge in [0.15, 0.2) is 0 Å². The molecule has 5 heteroatoms. The van der Waals surface area contributed by atoms with Crippen LogP contribution < -0.4 is 5.32 Å². The van der Waals surface area contributed by atoms with Gasteiger partial charge in [0.1, 0.15) is 5.82 Å². The summed E-state index contributed by atoms with van der Waals surface area (Å²) in [7, 11) is 0. The molecule has 106 valence electrons. The largest absolute Gasteiger partial charge is 0.360 e. The van der Waals surface area contributed by atoms with Crippen LogP contribution in [0, 0.1) is 12.7 Å². The number of fused-ring (bicyclic) bond motifs is 1. The average molecular weight is 347 g/mol. The van der Waals surface area contributed by atoms with Gasteiger partial charge < -0.3 is 10.3 Å². The lowest BCUT2D eigenvalue weighted by Crippen LogP contribution is -2.11. The maximum Gasteiger partial charge on any atom is 0.257 e. The zero-order valence-corrected chi connectivity index (χ0v) is 12.8. The van der Waals surface area contributed by atoms with Gasteiger partial charge in [0, 0.05) is 27.3 Å². The number of aryl methyl sites for hydroxylation is 1. The fourth-order valence-corrected chi connectivity index (χ4v) is 2.53. The van der Waals surface area contributed by atoms with Crippen LogP contribution in [-0.2, 0) is 0 Å². The normalized spacial score (nSPS) is 10.8. The Morgan fingerprint density at radius 3 is 2.81 bits per heavy atom. The second kappa shape index (κ2) is 5.33. The number of anilines is 1. The number of aromatic amines is 1. The van der Waals surface area contributed by atoms with Crippen molar-refractivity contribution in [1.82, 2.24) is 4.98 Å². The molecule has 0 aliphatic rings. The Hall–Kier alpha value is -2.14. The number of amides is 1. The summed E-state index contributed by atoms with van der Waals surface area (Å²) in [5.74, 6) is -0.642. The van der Waals surface area contributed by atoms with Crippen LogP contribution in [0.2, 0.25) is 0 Å². The van der Waals surface area contributed by atoms with Crippen LogP contribution in [-0.4, -0.2) is 10.9 Å². The average Bonchev–Trinajstić information content (AvgIpc) is 2.86. The summed E-state index contributed by atoms with van der Waals surface area (Å²) in [6, 6.07) is 9.90. The Labute approximate surface area is 129 Å². The number of aromatic nitrogens is 1. The van der Waals surface area contributed by atoms with E-state index in [1.807, 2.05) is 25.1 Å². The molecule has 0 aliphatic heterocycles. The van der Waals surface area contributed by atoms with Gasteiger partial charge in [-0.25, -0.2) is 4.39 Å². The van der Waals surface area contributed by atoms with Crippen molar-refractivity contribution in [1.29, 1.82) is 0 Å². The van der Waals surface area contributed by atoms with E-state index in [-0.39, 0.29) is 11.7 Å². The first-order valence-electron chi connectivity index (χ1n) is 6.39. The highest BCUT2D eigenvalue weighted by molar-refractivity contribution is 9.10. The number of hydrogen-bond donors (Lipinski definition) is 2. The van der Waals surface area contributed by atoms with Gasteiger partial charge in [-0.2, -0.15) is 0 Å². The van der Waals surface area contributed by atoms with Crippen LogP contribution in [0.15, 0.2) is 47.1 Å². The second-order valence-corrected chi connectivity index (χ2v) is 5.66. The van der Waals surface area contributed by atoms with Crippen molar-refractivity contribution in [3.63, 3.8) is 0 Å². The minimum atomic E-state index is -0.366. The van der Waals surface area contributed by atoms with Crippen molar-refractivity contribution < 1.29 is 9.18 Å². The van der Waals surface area contributed by atoms with E-state index >= 15 is 0 Å². The Bertz CT molecular complexity index is 841. The van der Waals surface area contributed by atoms with E-state index < -0.39 is 0 Å². The smallest absolute Gasteiger partial charge is 0.257 e. The number of halogens is 2. The lowest BCUT2D eigenvalue weighted by Gasteiger charge is -2.06. The third kappa shape index (κ3) is 2.69. The SMILES string of the molecule is Cc1ccc(NC(=O)c2c[nH]c3ccc(F)cc23)cc1Br. The standard InChI is InChI=1S/C16H12BrFN2O/c1-9-2-4-11(7-14(9)17)20-16(21)13-8-19-15-5-3-10(18)6-12(13)15/h2-8,19H,1H3,(H,20,21). The number of rotatable bonds is 2. The highest BCUT2D eigenvalue weighted by atomic mass is 79.9. The third-order valence-electron chi connectivity index (χ3n) is 3.32. The van der Waals surface area contributed by atoms with E-state index in [1.165, 1.54) is 12.1 Å². The molecular weight excluding hydrogens is 335 g/mol. The molecule has 0 atom stereocenters. The highest BCUT2D eigenvalue weighted by Crippen LogP contribution is 2.23. The van der Waals surface area contributed by atoms with Crippen molar-refractivity contribution in [3.8, 4) is 0 Å². The highest BCUT2D eigenvalue weighted by Gasteiger charge is 2.13. The molecule has 0 saturated carbocycles. The first kappa shape index (κ1) is 13.8. The summed E-state index contributed by atoms with van der Waals surface area (Å²) < 4.78 is 14.3. The number of nitrogens with one attached hydrogen (secondary N) is 2. The van der Waals surface area contributed by atoms with E-state index in [2.05, 4.69) is 26.2 Å². The summed E-state index contributed by atoms with van der Waals surface area (Å²) in [6.45, 7) is 1.97. The lowest BCUT2D eigenvalue weighted by molar-refractivity contribution is 0.102. The maximum atomic E-state index is 13.3. The summed E-state index contributed by atoms with van der Waals surface area (Å²) in [6.07, 6.45) is 1.59. The summed E-state index contributed by atoms with van der Waals surface area (Å²) in [5, 5.41) is 3.38. The molecule has 3 rings (SSSR count).